The lowest BCUT2D eigenvalue weighted by Gasteiger charge is -2.20. The van der Waals surface area contributed by atoms with Gasteiger partial charge in [0.25, 0.3) is 0 Å². The highest BCUT2D eigenvalue weighted by Crippen LogP contribution is 2.28. The van der Waals surface area contributed by atoms with Crippen molar-refractivity contribution >= 4 is 11.4 Å². The van der Waals surface area contributed by atoms with E-state index >= 15 is 0 Å². The van der Waals surface area contributed by atoms with Crippen molar-refractivity contribution in [2.24, 2.45) is 0 Å². The Morgan fingerprint density at radius 1 is 1.10 bits per heavy atom. The lowest BCUT2D eigenvalue weighted by molar-refractivity contribution is 0.335. The van der Waals surface area contributed by atoms with Gasteiger partial charge in [0.15, 0.2) is 0 Å². The molecule has 0 radical (unpaired) electrons. The van der Waals surface area contributed by atoms with Gasteiger partial charge in [-0.05, 0) is 38.1 Å². The summed E-state index contributed by atoms with van der Waals surface area (Å²) in [6, 6.07) is 16.8. The van der Waals surface area contributed by atoms with Gasteiger partial charge in [0.1, 0.15) is 5.75 Å². The molecule has 0 spiro atoms. The summed E-state index contributed by atoms with van der Waals surface area (Å²) < 4.78 is 5.71. The average molecular weight is 284 g/mol. The number of ether oxygens (including phenoxy) is 1. The molecule has 0 aromatic heterocycles. The van der Waals surface area contributed by atoms with E-state index in [0.29, 0.717) is 6.61 Å². The van der Waals surface area contributed by atoms with Gasteiger partial charge in [-0.15, -0.1) is 0 Å². The van der Waals surface area contributed by atoms with E-state index in [1.807, 2.05) is 39.2 Å². The molecule has 0 fully saturated rings. The topological polar surface area (TPSA) is 24.5 Å². The van der Waals surface area contributed by atoms with Crippen LogP contribution in [-0.4, -0.2) is 20.7 Å². The molecule has 21 heavy (non-hydrogen) atoms. The normalized spacial score (nSPS) is 11.8. The van der Waals surface area contributed by atoms with Crippen LogP contribution in [-0.2, 0) is 0 Å². The Bertz CT molecular complexity index is 581. The fourth-order valence-electron chi connectivity index (χ4n) is 2.33. The molecule has 1 N–H and O–H groups in total. The number of nitrogens with one attached hydrogen (secondary N) is 1. The van der Waals surface area contributed by atoms with Crippen LogP contribution in [0.25, 0.3) is 0 Å². The third kappa shape index (κ3) is 3.91. The lowest BCUT2D eigenvalue weighted by atomic mass is 10.1. The fourth-order valence-corrected chi connectivity index (χ4v) is 2.33. The standard InChI is InChI=1S/C18H24N2O/c1-5-21-18-12-7-6-11-17(18)14(2)19-15-9-8-10-16(13-15)20(3)4/h6-14,19H,5H2,1-4H3. The third-order valence-electron chi connectivity index (χ3n) is 3.43. The Labute approximate surface area is 127 Å². The van der Waals surface area contributed by atoms with Crippen molar-refractivity contribution in [3.63, 3.8) is 0 Å². The van der Waals surface area contributed by atoms with Gasteiger partial charge >= 0.3 is 0 Å². The zero-order chi connectivity index (χ0) is 15.2. The molecule has 0 aliphatic rings. The van der Waals surface area contributed by atoms with E-state index in [2.05, 4.69) is 47.5 Å². The number of rotatable bonds is 6. The second-order valence-electron chi connectivity index (χ2n) is 5.28. The van der Waals surface area contributed by atoms with Gasteiger partial charge in [-0.3, -0.25) is 0 Å². The van der Waals surface area contributed by atoms with Crippen LogP contribution in [0.4, 0.5) is 11.4 Å². The van der Waals surface area contributed by atoms with Crippen molar-refractivity contribution in [1.29, 1.82) is 0 Å². The molecule has 0 saturated heterocycles. The molecule has 0 bridgehead atoms. The van der Waals surface area contributed by atoms with Crippen molar-refractivity contribution in [2.45, 2.75) is 19.9 Å². The maximum atomic E-state index is 5.71. The second-order valence-corrected chi connectivity index (χ2v) is 5.28. The smallest absolute Gasteiger partial charge is 0.124 e. The molecule has 3 heteroatoms. The average Bonchev–Trinajstić information content (AvgIpc) is 2.48. The maximum Gasteiger partial charge on any atom is 0.124 e. The Morgan fingerprint density at radius 2 is 1.86 bits per heavy atom. The molecule has 3 nitrogen and oxygen atoms in total. The summed E-state index contributed by atoms with van der Waals surface area (Å²) in [6.45, 7) is 4.84. The highest BCUT2D eigenvalue weighted by molar-refractivity contribution is 5.58. The molecule has 1 atom stereocenters. The minimum Gasteiger partial charge on any atom is -0.494 e. The number of anilines is 2. The van der Waals surface area contributed by atoms with Crippen LogP contribution in [0.3, 0.4) is 0 Å². The molecule has 2 aromatic carbocycles. The highest BCUT2D eigenvalue weighted by Gasteiger charge is 2.11. The zero-order valence-corrected chi connectivity index (χ0v) is 13.3. The summed E-state index contributed by atoms with van der Waals surface area (Å²) in [5.74, 6) is 0.948. The van der Waals surface area contributed by atoms with E-state index in [1.54, 1.807) is 0 Å². The van der Waals surface area contributed by atoms with Crippen molar-refractivity contribution < 1.29 is 4.74 Å². The van der Waals surface area contributed by atoms with Gasteiger partial charge in [-0.1, -0.05) is 24.3 Å². The van der Waals surface area contributed by atoms with Crippen LogP contribution in [0, 0.1) is 0 Å². The van der Waals surface area contributed by atoms with Gasteiger partial charge in [0, 0.05) is 31.0 Å². The van der Waals surface area contributed by atoms with Gasteiger partial charge < -0.3 is 15.0 Å². The maximum absolute atomic E-state index is 5.71. The Balaban J connectivity index is 2.18. The molecule has 2 rings (SSSR count). The van der Waals surface area contributed by atoms with E-state index in [4.69, 9.17) is 4.74 Å². The molecule has 0 heterocycles. The quantitative estimate of drug-likeness (QED) is 0.854. The molecule has 0 aliphatic carbocycles. The number of benzene rings is 2. The summed E-state index contributed by atoms with van der Waals surface area (Å²) in [5, 5.41) is 3.55. The van der Waals surface area contributed by atoms with Crippen LogP contribution >= 0.6 is 0 Å². The van der Waals surface area contributed by atoms with E-state index in [1.165, 1.54) is 11.3 Å². The molecule has 0 amide bonds. The predicted octanol–water partition coefficient (Wildman–Crippen LogP) is 4.32. The van der Waals surface area contributed by atoms with Crippen LogP contribution < -0.4 is 15.0 Å². The van der Waals surface area contributed by atoms with Crippen molar-refractivity contribution in [2.75, 3.05) is 30.9 Å². The van der Waals surface area contributed by atoms with Crippen molar-refractivity contribution in [3.05, 3.63) is 54.1 Å². The van der Waals surface area contributed by atoms with Crippen molar-refractivity contribution in [3.8, 4) is 5.75 Å². The molecule has 0 aliphatic heterocycles. The summed E-state index contributed by atoms with van der Waals surface area (Å²) in [4.78, 5) is 2.10. The number of hydrogen-bond acceptors (Lipinski definition) is 3. The van der Waals surface area contributed by atoms with Crippen molar-refractivity contribution in [1.82, 2.24) is 0 Å². The first-order chi connectivity index (χ1) is 10.1. The Hall–Kier alpha value is -2.16. The van der Waals surface area contributed by atoms with E-state index in [9.17, 15) is 0 Å². The molecular weight excluding hydrogens is 260 g/mol. The monoisotopic (exact) mass is 284 g/mol. The van der Waals surface area contributed by atoms with Crippen LogP contribution in [0.2, 0.25) is 0 Å². The fraction of sp³-hybridized carbons (Fsp3) is 0.333. The largest absolute Gasteiger partial charge is 0.494 e. The third-order valence-corrected chi connectivity index (χ3v) is 3.43. The van der Waals surface area contributed by atoms with Gasteiger partial charge in [-0.25, -0.2) is 0 Å². The zero-order valence-electron chi connectivity index (χ0n) is 13.3. The molecule has 2 aromatic rings. The van der Waals surface area contributed by atoms with Gasteiger partial charge in [-0.2, -0.15) is 0 Å². The number of hydrogen-bond donors (Lipinski definition) is 1. The lowest BCUT2D eigenvalue weighted by Crippen LogP contribution is -2.11. The summed E-state index contributed by atoms with van der Waals surface area (Å²) in [7, 11) is 4.10. The molecule has 112 valence electrons. The SMILES string of the molecule is CCOc1ccccc1C(C)Nc1cccc(N(C)C)c1. The van der Waals surface area contributed by atoms with Gasteiger partial charge in [0.05, 0.1) is 12.6 Å². The van der Waals surface area contributed by atoms with E-state index in [-0.39, 0.29) is 6.04 Å². The van der Waals surface area contributed by atoms with Crippen LogP contribution in [0.1, 0.15) is 25.5 Å². The molecule has 0 saturated carbocycles. The first-order valence-corrected chi connectivity index (χ1v) is 7.37. The highest BCUT2D eigenvalue weighted by atomic mass is 16.5. The first-order valence-electron chi connectivity index (χ1n) is 7.37. The van der Waals surface area contributed by atoms with Gasteiger partial charge in [0.2, 0.25) is 0 Å². The predicted molar refractivity (Wildman–Crippen MR) is 90.4 cm³/mol. The molecular formula is C18H24N2O. The Morgan fingerprint density at radius 3 is 2.57 bits per heavy atom. The molecule has 1 unspecified atom stereocenters. The van der Waals surface area contributed by atoms with E-state index in [0.717, 1.165) is 11.4 Å². The first kappa shape index (κ1) is 15.2. The minimum absolute atomic E-state index is 0.185. The summed E-state index contributed by atoms with van der Waals surface area (Å²) >= 11 is 0. The van der Waals surface area contributed by atoms with Crippen LogP contribution in [0.15, 0.2) is 48.5 Å². The summed E-state index contributed by atoms with van der Waals surface area (Å²) in [6.07, 6.45) is 0. The second kappa shape index (κ2) is 7.02. The number of para-hydroxylation sites is 1. The van der Waals surface area contributed by atoms with E-state index < -0.39 is 0 Å². The summed E-state index contributed by atoms with van der Waals surface area (Å²) in [5.41, 5.74) is 3.47. The minimum atomic E-state index is 0.185. The Kier molecular flexibility index (Phi) is 5.09. The number of nitrogens with zero attached hydrogens (tertiary/aromatic N) is 1. The van der Waals surface area contributed by atoms with Crippen LogP contribution in [0.5, 0.6) is 5.75 Å².